The Bertz CT molecular complexity index is 730. The molecule has 1 aromatic heterocycles. The monoisotopic (exact) mass is 313 g/mol. The number of para-hydroxylation sites is 1. The number of ether oxygens (including phenoxy) is 1. The highest BCUT2D eigenvalue weighted by molar-refractivity contribution is 5.96. The van der Waals surface area contributed by atoms with E-state index in [1.807, 2.05) is 18.3 Å². The van der Waals surface area contributed by atoms with Crippen molar-refractivity contribution in [2.75, 3.05) is 25.1 Å². The van der Waals surface area contributed by atoms with Crippen LogP contribution in [-0.2, 0) is 4.79 Å². The number of carbonyl (C=O) groups excluding carboxylic acids is 1. The van der Waals surface area contributed by atoms with Crippen molar-refractivity contribution in [2.45, 2.75) is 32.7 Å². The maximum atomic E-state index is 11.4. The van der Waals surface area contributed by atoms with Crippen molar-refractivity contribution in [3.63, 3.8) is 0 Å². The van der Waals surface area contributed by atoms with E-state index in [9.17, 15) is 4.79 Å². The van der Waals surface area contributed by atoms with E-state index in [1.165, 1.54) is 5.69 Å². The van der Waals surface area contributed by atoms with E-state index in [4.69, 9.17) is 4.74 Å². The molecule has 1 N–H and O–H groups in total. The first-order valence-corrected chi connectivity index (χ1v) is 8.04. The van der Waals surface area contributed by atoms with Crippen LogP contribution in [0.1, 0.15) is 25.3 Å². The van der Waals surface area contributed by atoms with Crippen LogP contribution < -0.4 is 15.0 Å². The number of benzene rings is 1. The van der Waals surface area contributed by atoms with Gasteiger partial charge in [0.2, 0.25) is 5.91 Å². The van der Waals surface area contributed by atoms with Gasteiger partial charge in [0.15, 0.2) is 0 Å². The molecule has 0 saturated carbocycles. The summed E-state index contributed by atoms with van der Waals surface area (Å²) in [6.45, 7) is 5.49. The zero-order valence-electron chi connectivity index (χ0n) is 13.9. The molecular formula is C18H23N3O2. The second kappa shape index (κ2) is 6.44. The molecule has 0 unspecified atom stereocenters. The summed E-state index contributed by atoms with van der Waals surface area (Å²) >= 11 is 0. The number of aryl methyl sites for hydroxylation is 1. The predicted octanol–water partition coefficient (Wildman–Crippen LogP) is 2.66. The lowest BCUT2D eigenvalue weighted by Crippen LogP contribution is -2.47. The molecule has 1 aliphatic heterocycles. The minimum Gasteiger partial charge on any atom is -0.494 e. The molecule has 1 aliphatic rings. The zero-order chi connectivity index (χ0) is 16.4. The number of piperidine rings is 1. The largest absolute Gasteiger partial charge is 0.494 e. The van der Waals surface area contributed by atoms with Crippen molar-refractivity contribution in [3.8, 4) is 5.75 Å². The average molecular weight is 313 g/mol. The summed E-state index contributed by atoms with van der Waals surface area (Å²) in [4.78, 5) is 18.3. The molecule has 1 fully saturated rings. The lowest BCUT2D eigenvalue weighted by Gasteiger charge is -2.36. The van der Waals surface area contributed by atoms with Crippen LogP contribution >= 0.6 is 0 Å². The Morgan fingerprint density at radius 2 is 2.26 bits per heavy atom. The van der Waals surface area contributed by atoms with Crippen LogP contribution in [0.2, 0.25) is 0 Å². The van der Waals surface area contributed by atoms with Gasteiger partial charge in [-0.3, -0.25) is 9.78 Å². The van der Waals surface area contributed by atoms with E-state index >= 15 is 0 Å². The number of carbonyl (C=O) groups is 1. The summed E-state index contributed by atoms with van der Waals surface area (Å²) < 4.78 is 5.45. The van der Waals surface area contributed by atoms with Gasteiger partial charge in [-0.25, -0.2) is 0 Å². The fourth-order valence-electron chi connectivity index (χ4n) is 3.45. The van der Waals surface area contributed by atoms with Crippen LogP contribution in [0, 0.1) is 6.92 Å². The van der Waals surface area contributed by atoms with Gasteiger partial charge in [0.25, 0.3) is 0 Å². The summed E-state index contributed by atoms with van der Waals surface area (Å²) in [5.41, 5.74) is 3.23. The fraction of sp³-hybridized carbons (Fsp3) is 0.444. The van der Waals surface area contributed by atoms with Gasteiger partial charge in [-0.2, -0.15) is 0 Å². The molecule has 122 valence electrons. The van der Waals surface area contributed by atoms with Gasteiger partial charge in [0, 0.05) is 37.6 Å². The highest BCUT2D eigenvalue weighted by Crippen LogP contribution is 2.34. The Labute approximate surface area is 136 Å². The number of amides is 1. The summed E-state index contributed by atoms with van der Waals surface area (Å²) in [7, 11) is 1.67. The molecule has 1 amide bonds. The van der Waals surface area contributed by atoms with Crippen molar-refractivity contribution < 1.29 is 9.53 Å². The number of fused-ring (bicyclic) bond motifs is 1. The fourth-order valence-corrected chi connectivity index (χ4v) is 3.45. The Balaban J connectivity index is 2.01. The standard InChI is InChI=1S/C18H23N3O2/c1-12-10-19-17-15(7-4-8-16(17)23-3)18(12)21-9-5-6-14(11-21)20-13(2)22/h4,7-8,10,14H,5-6,9,11H2,1-3H3,(H,20,22)/t14-/m0/s1. The predicted molar refractivity (Wildman–Crippen MR) is 92.1 cm³/mol. The summed E-state index contributed by atoms with van der Waals surface area (Å²) in [6, 6.07) is 6.23. The van der Waals surface area contributed by atoms with E-state index in [1.54, 1.807) is 14.0 Å². The van der Waals surface area contributed by atoms with E-state index in [2.05, 4.69) is 28.2 Å². The van der Waals surface area contributed by atoms with Crippen LogP contribution in [-0.4, -0.2) is 37.1 Å². The molecular weight excluding hydrogens is 290 g/mol. The van der Waals surface area contributed by atoms with Crippen molar-refractivity contribution in [3.05, 3.63) is 30.0 Å². The molecule has 3 rings (SSSR count). The minimum absolute atomic E-state index is 0.0369. The van der Waals surface area contributed by atoms with Gasteiger partial charge >= 0.3 is 0 Å². The highest BCUT2D eigenvalue weighted by atomic mass is 16.5. The number of rotatable bonds is 3. The van der Waals surface area contributed by atoms with E-state index in [0.29, 0.717) is 0 Å². The zero-order valence-corrected chi connectivity index (χ0v) is 13.9. The summed E-state index contributed by atoms with van der Waals surface area (Å²) in [5.74, 6) is 0.828. The first-order valence-electron chi connectivity index (χ1n) is 8.04. The highest BCUT2D eigenvalue weighted by Gasteiger charge is 2.23. The van der Waals surface area contributed by atoms with E-state index < -0.39 is 0 Å². The number of methoxy groups -OCH3 is 1. The van der Waals surface area contributed by atoms with Gasteiger partial charge in [0.05, 0.1) is 12.8 Å². The number of nitrogens with zero attached hydrogens (tertiary/aromatic N) is 2. The molecule has 1 aromatic carbocycles. The molecule has 0 bridgehead atoms. The van der Waals surface area contributed by atoms with Gasteiger partial charge < -0.3 is 15.0 Å². The van der Waals surface area contributed by atoms with Gasteiger partial charge in [0.1, 0.15) is 11.3 Å². The number of anilines is 1. The Hall–Kier alpha value is -2.30. The van der Waals surface area contributed by atoms with Crippen molar-refractivity contribution in [1.29, 1.82) is 0 Å². The lowest BCUT2D eigenvalue weighted by atomic mass is 10.0. The quantitative estimate of drug-likeness (QED) is 0.946. The third-order valence-corrected chi connectivity index (χ3v) is 4.38. The number of aromatic nitrogens is 1. The molecule has 5 nitrogen and oxygen atoms in total. The van der Waals surface area contributed by atoms with E-state index in [0.717, 1.165) is 48.1 Å². The normalized spacial score (nSPS) is 18.0. The first-order chi connectivity index (χ1) is 11.1. The molecule has 0 aliphatic carbocycles. The van der Waals surface area contributed by atoms with Gasteiger partial charge in [-0.1, -0.05) is 12.1 Å². The number of pyridine rings is 1. The smallest absolute Gasteiger partial charge is 0.217 e. The first kappa shape index (κ1) is 15.6. The van der Waals surface area contributed by atoms with Gasteiger partial charge in [-0.15, -0.1) is 0 Å². The maximum Gasteiger partial charge on any atom is 0.217 e. The molecule has 2 heterocycles. The second-order valence-electron chi connectivity index (χ2n) is 6.13. The van der Waals surface area contributed by atoms with Crippen molar-refractivity contribution in [1.82, 2.24) is 10.3 Å². The van der Waals surface area contributed by atoms with Crippen LogP contribution in [0.5, 0.6) is 5.75 Å². The molecule has 2 aromatic rings. The SMILES string of the molecule is COc1cccc2c(N3CCC[C@H](NC(C)=O)C3)c(C)cnc12. The minimum atomic E-state index is 0.0369. The molecule has 0 radical (unpaired) electrons. The maximum absolute atomic E-state index is 11.4. The van der Waals surface area contributed by atoms with Crippen LogP contribution in [0.4, 0.5) is 5.69 Å². The van der Waals surface area contributed by atoms with Crippen LogP contribution in [0.25, 0.3) is 10.9 Å². The molecule has 5 heteroatoms. The Morgan fingerprint density at radius 3 is 3.00 bits per heavy atom. The van der Waals surface area contributed by atoms with Crippen molar-refractivity contribution >= 4 is 22.5 Å². The van der Waals surface area contributed by atoms with Gasteiger partial charge in [-0.05, 0) is 31.4 Å². The summed E-state index contributed by atoms with van der Waals surface area (Å²) in [5, 5.41) is 4.16. The lowest BCUT2D eigenvalue weighted by molar-refractivity contribution is -0.119. The number of nitrogens with one attached hydrogen (secondary N) is 1. The summed E-state index contributed by atoms with van der Waals surface area (Å²) in [6.07, 6.45) is 4.00. The number of hydrogen-bond donors (Lipinski definition) is 1. The van der Waals surface area contributed by atoms with E-state index in [-0.39, 0.29) is 11.9 Å². The molecule has 1 atom stereocenters. The molecule has 0 spiro atoms. The Kier molecular flexibility index (Phi) is 4.37. The number of hydrogen-bond acceptors (Lipinski definition) is 4. The van der Waals surface area contributed by atoms with Crippen LogP contribution in [0.15, 0.2) is 24.4 Å². The van der Waals surface area contributed by atoms with Crippen LogP contribution in [0.3, 0.4) is 0 Å². The van der Waals surface area contributed by atoms with Crippen molar-refractivity contribution in [2.24, 2.45) is 0 Å². The third-order valence-electron chi connectivity index (χ3n) is 4.38. The second-order valence-corrected chi connectivity index (χ2v) is 6.13. The third kappa shape index (κ3) is 3.09. The average Bonchev–Trinajstić information content (AvgIpc) is 2.53. The Morgan fingerprint density at radius 1 is 1.43 bits per heavy atom. The molecule has 23 heavy (non-hydrogen) atoms. The molecule has 1 saturated heterocycles. The topological polar surface area (TPSA) is 54.5 Å².